The number of esters is 1. The fraction of sp³-hybridized carbons (Fsp3) is 0.100. The summed E-state index contributed by atoms with van der Waals surface area (Å²) in [5.74, 6) is 0.353. The van der Waals surface area contributed by atoms with E-state index < -0.39 is 5.97 Å². The molecular weight excluding hydrogens is 396 g/mol. The highest BCUT2D eigenvalue weighted by Gasteiger charge is 2.18. The SMILES string of the molecule is CCOC(=O)c1cnc(-c2ccccc2)nc1Nc1nc2ccc(Cl)cc2s1. The first-order valence-electron chi connectivity index (χ1n) is 8.56. The number of aromatic nitrogens is 3. The molecule has 140 valence electrons. The maximum Gasteiger partial charge on any atom is 0.343 e. The van der Waals surface area contributed by atoms with E-state index in [1.54, 1.807) is 13.0 Å². The molecule has 4 rings (SSSR count). The zero-order valence-corrected chi connectivity index (χ0v) is 16.4. The highest BCUT2D eigenvalue weighted by Crippen LogP contribution is 2.31. The summed E-state index contributed by atoms with van der Waals surface area (Å²) in [6.07, 6.45) is 1.47. The van der Waals surface area contributed by atoms with Crippen LogP contribution < -0.4 is 5.32 Å². The van der Waals surface area contributed by atoms with Gasteiger partial charge in [-0.05, 0) is 25.1 Å². The Balaban J connectivity index is 1.75. The summed E-state index contributed by atoms with van der Waals surface area (Å²) in [5.41, 5.74) is 1.91. The molecule has 0 unspecified atom stereocenters. The second-order valence-corrected chi connectivity index (χ2v) is 7.27. The number of halogens is 1. The van der Waals surface area contributed by atoms with Crippen molar-refractivity contribution in [2.75, 3.05) is 11.9 Å². The molecule has 8 heteroatoms. The number of carbonyl (C=O) groups excluding carboxylic acids is 1. The Labute approximate surface area is 170 Å². The quantitative estimate of drug-likeness (QED) is 0.448. The topological polar surface area (TPSA) is 77.0 Å². The minimum Gasteiger partial charge on any atom is -0.462 e. The molecule has 0 bridgehead atoms. The van der Waals surface area contributed by atoms with E-state index in [0.717, 1.165) is 15.8 Å². The van der Waals surface area contributed by atoms with Crippen LogP contribution in [0, 0.1) is 0 Å². The molecule has 0 saturated carbocycles. The molecule has 0 radical (unpaired) electrons. The molecule has 0 aliphatic rings. The Kier molecular flexibility index (Phi) is 5.18. The Morgan fingerprint density at radius 2 is 2.00 bits per heavy atom. The summed E-state index contributed by atoms with van der Waals surface area (Å²) >= 11 is 7.48. The Morgan fingerprint density at radius 1 is 1.18 bits per heavy atom. The average molecular weight is 411 g/mol. The normalized spacial score (nSPS) is 10.8. The van der Waals surface area contributed by atoms with Gasteiger partial charge < -0.3 is 10.1 Å². The van der Waals surface area contributed by atoms with Crippen molar-refractivity contribution in [3.63, 3.8) is 0 Å². The number of benzene rings is 2. The van der Waals surface area contributed by atoms with Crippen LogP contribution in [0.5, 0.6) is 0 Å². The molecule has 4 aromatic rings. The number of hydrogen-bond donors (Lipinski definition) is 1. The maximum absolute atomic E-state index is 12.3. The third kappa shape index (κ3) is 3.81. The Hall–Kier alpha value is -3.03. The highest BCUT2D eigenvalue weighted by atomic mass is 35.5. The van der Waals surface area contributed by atoms with E-state index in [0.29, 0.717) is 21.8 Å². The van der Waals surface area contributed by atoms with Gasteiger partial charge in [0.2, 0.25) is 0 Å². The van der Waals surface area contributed by atoms with Crippen LogP contribution in [0.4, 0.5) is 10.9 Å². The Morgan fingerprint density at radius 3 is 2.79 bits per heavy atom. The predicted octanol–water partition coefficient (Wildman–Crippen LogP) is 5.33. The van der Waals surface area contributed by atoms with Crippen molar-refractivity contribution in [2.24, 2.45) is 0 Å². The van der Waals surface area contributed by atoms with Gasteiger partial charge in [-0.3, -0.25) is 0 Å². The van der Waals surface area contributed by atoms with Crippen molar-refractivity contribution in [3.8, 4) is 11.4 Å². The van der Waals surface area contributed by atoms with Crippen LogP contribution in [0.3, 0.4) is 0 Å². The largest absolute Gasteiger partial charge is 0.462 e. The van der Waals surface area contributed by atoms with Crippen molar-refractivity contribution in [1.82, 2.24) is 15.0 Å². The van der Waals surface area contributed by atoms with Crippen molar-refractivity contribution in [2.45, 2.75) is 6.92 Å². The first-order chi connectivity index (χ1) is 13.6. The second kappa shape index (κ2) is 7.92. The number of ether oxygens (including phenoxy) is 1. The summed E-state index contributed by atoms with van der Waals surface area (Å²) in [5, 5.41) is 4.38. The van der Waals surface area contributed by atoms with Gasteiger partial charge in [-0.25, -0.2) is 19.7 Å². The number of fused-ring (bicyclic) bond motifs is 1. The van der Waals surface area contributed by atoms with Crippen LogP contribution in [-0.2, 0) is 4.74 Å². The lowest BCUT2D eigenvalue weighted by Crippen LogP contribution is -2.11. The molecule has 28 heavy (non-hydrogen) atoms. The van der Waals surface area contributed by atoms with E-state index in [4.69, 9.17) is 16.3 Å². The summed E-state index contributed by atoms with van der Waals surface area (Å²) in [6, 6.07) is 15.0. The first-order valence-corrected chi connectivity index (χ1v) is 9.76. The number of thiazole rings is 1. The first kappa shape index (κ1) is 18.3. The third-order valence-electron chi connectivity index (χ3n) is 3.89. The van der Waals surface area contributed by atoms with E-state index >= 15 is 0 Å². The van der Waals surface area contributed by atoms with Crippen molar-refractivity contribution in [1.29, 1.82) is 0 Å². The van der Waals surface area contributed by atoms with Gasteiger partial charge in [-0.2, -0.15) is 0 Å². The molecule has 0 atom stereocenters. The maximum atomic E-state index is 12.3. The van der Waals surface area contributed by atoms with E-state index in [-0.39, 0.29) is 12.2 Å². The number of hydrogen-bond acceptors (Lipinski definition) is 7. The molecule has 1 N–H and O–H groups in total. The van der Waals surface area contributed by atoms with Gasteiger partial charge in [-0.15, -0.1) is 0 Å². The molecule has 2 aromatic carbocycles. The van der Waals surface area contributed by atoms with Gasteiger partial charge in [0.05, 0.1) is 16.8 Å². The van der Waals surface area contributed by atoms with Crippen molar-refractivity contribution >= 4 is 50.1 Å². The van der Waals surface area contributed by atoms with Gasteiger partial charge in [0.1, 0.15) is 5.56 Å². The lowest BCUT2D eigenvalue weighted by Gasteiger charge is -2.10. The summed E-state index contributed by atoms with van der Waals surface area (Å²) in [4.78, 5) is 25.7. The molecule has 0 fully saturated rings. The van der Waals surface area contributed by atoms with E-state index in [1.807, 2.05) is 42.5 Å². The van der Waals surface area contributed by atoms with Crippen LogP contribution >= 0.6 is 22.9 Å². The molecular formula is C20H15ClN4O2S. The molecule has 0 saturated heterocycles. The van der Waals surface area contributed by atoms with Crippen LogP contribution in [0.2, 0.25) is 5.02 Å². The molecule has 0 aliphatic heterocycles. The zero-order chi connectivity index (χ0) is 19.5. The van der Waals surface area contributed by atoms with E-state index in [9.17, 15) is 4.79 Å². The number of rotatable bonds is 5. The van der Waals surface area contributed by atoms with E-state index in [1.165, 1.54) is 17.5 Å². The van der Waals surface area contributed by atoms with Gasteiger partial charge in [-0.1, -0.05) is 53.3 Å². The monoisotopic (exact) mass is 410 g/mol. The van der Waals surface area contributed by atoms with Crippen LogP contribution in [0.25, 0.3) is 21.6 Å². The fourth-order valence-electron chi connectivity index (χ4n) is 2.61. The minimum atomic E-state index is -0.492. The molecule has 2 aromatic heterocycles. The fourth-order valence-corrected chi connectivity index (χ4v) is 3.76. The number of nitrogens with one attached hydrogen (secondary N) is 1. The lowest BCUT2D eigenvalue weighted by atomic mass is 10.2. The second-order valence-electron chi connectivity index (χ2n) is 5.80. The van der Waals surface area contributed by atoms with Gasteiger partial charge in [0, 0.05) is 16.8 Å². The van der Waals surface area contributed by atoms with Gasteiger partial charge >= 0.3 is 5.97 Å². The molecule has 6 nitrogen and oxygen atoms in total. The minimum absolute atomic E-state index is 0.249. The smallest absolute Gasteiger partial charge is 0.343 e. The van der Waals surface area contributed by atoms with Crippen molar-refractivity contribution < 1.29 is 9.53 Å². The van der Waals surface area contributed by atoms with Gasteiger partial charge in [0.15, 0.2) is 16.8 Å². The van der Waals surface area contributed by atoms with Crippen LogP contribution in [0.1, 0.15) is 17.3 Å². The highest BCUT2D eigenvalue weighted by molar-refractivity contribution is 7.22. The van der Waals surface area contributed by atoms with Crippen LogP contribution in [-0.4, -0.2) is 27.5 Å². The summed E-state index contributed by atoms with van der Waals surface area (Å²) < 4.78 is 6.07. The number of nitrogens with zero attached hydrogens (tertiary/aromatic N) is 3. The lowest BCUT2D eigenvalue weighted by molar-refractivity contribution is 0.0526. The van der Waals surface area contributed by atoms with Gasteiger partial charge in [0.25, 0.3) is 0 Å². The average Bonchev–Trinajstić information content (AvgIpc) is 3.10. The predicted molar refractivity (Wildman–Crippen MR) is 111 cm³/mol. The zero-order valence-electron chi connectivity index (χ0n) is 14.8. The number of anilines is 2. The summed E-state index contributed by atoms with van der Waals surface area (Å²) in [7, 11) is 0. The van der Waals surface area contributed by atoms with Crippen molar-refractivity contribution in [3.05, 3.63) is 65.3 Å². The molecule has 0 spiro atoms. The summed E-state index contributed by atoms with van der Waals surface area (Å²) in [6.45, 7) is 2.01. The van der Waals surface area contributed by atoms with E-state index in [2.05, 4.69) is 20.3 Å². The molecule has 2 heterocycles. The molecule has 0 aliphatic carbocycles. The van der Waals surface area contributed by atoms with Crippen LogP contribution in [0.15, 0.2) is 54.7 Å². The molecule has 0 amide bonds. The Bertz CT molecular complexity index is 1150. The third-order valence-corrected chi connectivity index (χ3v) is 5.06. The standard InChI is InChI=1S/C20H15ClN4O2S/c1-2-27-19(26)14-11-22-17(12-6-4-3-5-7-12)24-18(14)25-20-23-15-9-8-13(21)10-16(15)28-20/h3-11H,2H2,1H3,(H,22,23,24,25). The number of carbonyl (C=O) groups is 1.